The van der Waals surface area contributed by atoms with Gasteiger partial charge >= 0.3 is 12.6 Å². The van der Waals surface area contributed by atoms with Gasteiger partial charge in [-0.15, -0.1) is 0 Å². The number of esters is 1. The summed E-state index contributed by atoms with van der Waals surface area (Å²) in [6.45, 7) is -2.58. The topological polar surface area (TPSA) is 59.0 Å². The molecule has 0 spiro atoms. The van der Waals surface area contributed by atoms with E-state index in [-0.39, 0.29) is 24.8 Å². The molecule has 116 valence electrons. The number of methoxy groups -OCH3 is 1. The first kappa shape index (κ1) is 15.5. The molecule has 0 saturated carbocycles. The van der Waals surface area contributed by atoms with Gasteiger partial charge in [0.15, 0.2) is 0 Å². The van der Waals surface area contributed by atoms with Crippen LogP contribution in [0.15, 0.2) is 24.3 Å². The molecule has 5 nitrogen and oxygen atoms in total. The highest BCUT2D eigenvalue weighted by Gasteiger charge is 2.35. The van der Waals surface area contributed by atoms with Gasteiger partial charge in [0.2, 0.25) is 0 Å². The molecule has 1 N–H and O–H groups in total. The van der Waals surface area contributed by atoms with Crippen LogP contribution >= 0.6 is 0 Å². The smallest absolute Gasteiger partial charge is 0.345 e. The first-order chi connectivity index (χ1) is 9.99. The second-order valence-electron chi connectivity index (χ2n) is 4.86. The largest absolute Gasteiger partial charge is 0.508 e. The average molecular weight is 301 g/mol. The van der Waals surface area contributed by atoms with Crippen LogP contribution in [-0.2, 0) is 14.3 Å². The molecular formula is C14H17F2NO4. The second-order valence-corrected chi connectivity index (χ2v) is 4.86. The van der Waals surface area contributed by atoms with Gasteiger partial charge in [-0.1, -0.05) is 0 Å². The maximum absolute atomic E-state index is 12.4. The predicted molar refractivity (Wildman–Crippen MR) is 71.4 cm³/mol. The molecular weight excluding hydrogens is 284 g/mol. The fraction of sp³-hybridized carbons (Fsp3) is 0.500. The molecule has 21 heavy (non-hydrogen) atoms. The third-order valence-corrected chi connectivity index (χ3v) is 3.48. The summed E-state index contributed by atoms with van der Waals surface area (Å²) in [5.41, 5.74) is 0.738. The van der Waals surface area contributed by atoms with Gasteiger partial charge < -0.3 is 19.5 Å². The van der Waals surface area contributed by atoms with E-state index in [4.69, 9.17) is 0 Å². The number of alkyl halides is 2. The number of benzene rings is 1. The number of ether oxygens (including phenoxy) is 2. The van der Waals surface area contributed by atoms with Crippen LogP contribution in [0.4, 0.5) is 14.5 Å². The third-order valence-electron chi connectivity index (χ3n) is 3.48. The van der Waals surface area contributed by atoms with Crippen LogP contribution in [0.25, 0.3) is 0 Å². The first-order valence-corrected chi connectivity index (χ1v) is 6.55. The summed E-state index contributed by atoms with van der Waals surface area (Å²) in [6.07, 6.45) is -0.227. The van der Waals surface area contributed by atoms with Gasteiger partial charge in [-0.05, 0) is 30.7 Å². The number of carbonyl (C=O) groups excluding carboxylic acids is 1. The van der Waals surface area contributed by atoms with Gasteiger partial charge in [0.1, 0.15) is 5.75 Å². The van der Waals surface area contributed by atoms with Crippen molar-refractivity contribution in [2.45, 2.75) is 31.6 Å². The van der Waals surface area contributed by atoms with Crippen LogP contribution in [0, 0.1) is 0 Å². The van der Waals surface area contributed by atoms with Crippen LogP contribution < -0.4 is 4.90 Å². The Balaban J connectivity index is 2.13. The van der Waals surface area contributed by atoms with Gasteiger partial charge in [0.05, 0.1) is 19.6 Å². The zero-order valence-electron chi connectivity index (χ0n) is 11.5. The lowest BCUT2D eigenvalue weighted by Crippen LogP contribution is -2.32. The Morgan fingerprint density at radius 2 is 2.10 bits per heavy atom. The molecule has 0 bridgehead atoms. The van der Waals surface area contributed by atoms with E-state index in [2.05, 4.69) is 9.47 Å². The monoisotopic (exact) mass is 301 g/mol. The van der Waals surface area contributed by atoms with Crippen molar-refractivity contribution in [3.63, 3.8) is 0 Å². The van der Waals surface area contributed by atoms with Crippen molar-refractivity contribution in [1.29, 1.82) is 0 Å². The number of hydrogen-bond donors (Lipinski definition) is 1. The number of rotatable bonds is 5. The van der Waals surface area contributed by atoms with Crippen LogP contribution in [0.5, 0.6) is 5.75 Å². The van der Waals surface area contributed by atoms with E-state index < -0.39 is 18.7 Å². The number of phenols is 1. The van der Waals surface area contributed by atoms with E-state index in [0.717, 1.165) is 5.69 Å². The Morgan fingerprint density at radius 1 is 1.43 bits per heavy atom. The van der Waals surface area contributed by atoms with Crippen molar-refractivity contribution in [3.05, 3.63) is 24.3 Å². The molecule has 0 amide bonds. The maximum Gasteiger partial charge on any atom is 0.345 e. The summed E-state index contributed by atoms with van der Waals surface area (Å²) in [5, 5.41) is 9.30. The molecule has 1 aromatic carbocycles. The number of phenolic OH excluding ortho intramolecular Hbond substituents is 1. The van der Waals surface area contributed by atoms with Gasteiger partial charge in [-0.3, -0.25) is 4.79 Å². The molecule has 1 aliphatic heterocycles. The highest BCUT2D eigenvalue weighted by Crippen LogP contribution is 2.31. The normalized spacial score (nSPS) is 21.8. The number of anilines is 1. The van der Waals surface area contributed by atoms with Crippen LogP contribution in [0.2, 0.25) is 0 Å². The molecule has 1 heterocycles. The zero-order chi connectivity index (χ0) is 15.4. The lowest BCUT2D eigenvalue weighted by Gasteiger charge is -2.25. The molecule has 0 radical (unpaired) electrons. The van der Waals surface area contributed by atoms with E-state index in [1.165, 1.54) is 19.2 Å². The Bertz CT molecular complexity index is 480. The second kappa shape index (κ2) is 6.71. The lowest BCUT2D eigenvalue weighted by molar-refractivity contribution is -0.157. The fourth-order valence-corrected chi connectivity index (χ4v) is 2.55. The van der Waals surface area contributed by atoms with Crippen molar-refractivity contribution in [2.24, 2.45) is 0 Å². The molecule has 2 atom stereocenters. The molecule has 1 aromatic rings. The van der Waals surface area contributed by atoms with Gasteiger partial charge in [0, 0.05) is 18.3 Å². The Morgan fingerprint density at radius 3 is 2.67 bits per heavy atom. The molecule has 1 fully saturated rings. The molecule has 0 aliphatic carbocycles. The van der Waals surface area contributed by atoms with Crippen molar-refractivity contribution < 1.29 is 28.2 Å². The number of nitrogens with zero attached hydrogens (tertiary/aromatic N) is 1. The molecule has 0 unspecified atom stereocenters. The molecule has 1 saturated heterocycles. The standard InChI is InChI=1S/C14H17F2NO4/c1-20-13(19)7-10-6-12(21-14(15)16)8-17(10)9-2-4-11(18)5-3-9/h2-5,10,12,14,18H,6-8H2,1H3/t10-,12-/m1/s1. The van der Waals surface area contributed by atoms with E-state index in [1.54, 1.807) is 12.1 Å². The van der Waals surface area contributed by atoms with E-state index >= 15 is 0 Å². The highest BCUT2D eigenvalue weighted by atomic mass is 19.3. The summed E-state index contributed by atoms with van der Waals surface area (Å²) in [5.74, 6) is -0.288. The van der Waals surface area contributed by atoms with E-state index in [9.17, 15) is 18.7 Å². The summed E-state index contributed by atoms with van der Waals surface area (Å²) >= 11 is 0. The number of aromatic hydroxyl groups is 1. The minimum absolute atomic E-state index is 0.0977. The molecule has 2 rings (SSSR count). The van der Waals surface area contributed by atoms with Crippen LogP contribution in [0.3, 0.4) is 0 Å². The minimum atomic E-state index is -2.84. The van der Waals surface area contributed by atoms with Crippen molar-refractivity contribution in [2.75, 3.05) is 18.6 Å². The minimum Gasteiger partial charge on any atom is -0.508 e. The molecule has 0 aromatic heterocycles. The third kappa shape index (κ3) is 4.04. The lowest BCUT2D eigenvalue weighted by atomic mass is 10.1. The predicted octanol–water partition coefficient (Wildman–Crippen LogP) is 2.14. The zero-order valence-corrected chi connectivity index (χ0v) is 11.5. The van der Waals surface area contributed by atoms with E-state index in [1.807, 2.05) is 4.90 Å². The van der Waals surface area contributed by atoms with E-state index in [0.29, 0.717) is 6.42 Å². The summed E-state index contributed by atoms with van der Waals surface area (Å²) in [7, 11) is 1.29. The Kier molecular flexibility index (Phi) is 4.95. The summed E-state index contributed by atoms with van der Waals surface area (Å²) in [6, 6.07) is 6.08. The summed E-state index contributed by atoms with van der Waals surface area (Å²) < 4.78 is 33.9. The number of hydrogen-bond acceptors (Lipinski definition) is 5. The highest BCUT2D eigenvalue weighted by molar-refractivity contribution is 5.71. The van der Waals surface area contributed by atoms with Crippen molar-refractivity contribution >= 4 is 11.7 Å². The van der Waals surface area contributed by atoms with Gasteiger partial charge in [-0.25, -0.2) is 0 Å². The quantitative estimate of drug-likeness (QED) is 0.844. The first-order valence-electron chi connectivity index (χ1n) is 6.55. The van der Waals surface area contributed by atoms with Crippen molar-refractivity contribution in [3.8, 4) is 5.75 Å². The molecule has 7 heteroatoms. The Hall–Kier alpha value is -1.89. The average Bonchev–Trinajstić information content (AvgIpc) is 2.81. The van der Waals surface area contributed by atoms with Crippen molar-refractivity contribution in [1.82, 2.24) is 0 Å². The van der Waals surface area contributed by atoms with Crippen LogP contribution in [-0.4, -0.2) is 43.5 Å². The van der Waals surface area contributed by atoms with Gasteiger partial charge in [-0.2, -0.15) is 8.78 Å². The number of halogens is 2. The SMILES string of the molecule is COC(=O)C[C@H]1C[C@@H](OC(F)F)CN1c1ccc(O)cc1. The Labute approximate surface area is 121 Å². The summed E-state index contributed by atoms with van der Waals surface area (Å²) in [4.78, 5) is 13.3. The van der Waals surface area contributed by atoms with Crippen LogP contribution in [0.1, 0.15) is 12.8 Å². The number of carbonyl (C=O) groups is 1. The maximum atomic E-state index is 12.4. The molecule has 1 aliphatic rings. The fourth-order valence-electron chi connectivity index (χ4n) is 2.55. The van der Waals surface area contributed by atoms with Gasteiger partial charge in [0.25, 0.3) is 0 Å².